The first kappa shape index (κ1) is 17.0. The fraction of sp³-hybridized carbons (Fsp3) is 0.667. The van der Waals surface area contributed by atoms with Gasteiger partial charge in [-0.15, -0.1) is 0 Å². The molecule has 0 radical (unpaired) electrons. The summed E-state index contributed by atoms with van der Waals surface area (Å²) in [6.07, 6.45) is 5.32. The molecule has 0 N–H and O–H groups in total. The van der Waals surface area contributed by atoms with Crippen molar-refractivity contribution in [2.24, 2.45) is 0 Å². The number of carbonyl (C=O) groups excluding carboxylic acids is 1. The summed E-state index contributed by atoms with van der Waals surface area (Å²) in [4.78, 5) is 23.0. The van der Waals surface area contributed by atoms with Gasteiger partial charge in [0.15, 0.2) is 0 Å². The number of piperazine rings is 1. The summed E-state index contributed by atoms with van der Waals surface area (Å²) in [5.41, 5.74) is 1.19. The highest BCUT2D eigenvalue weighted by atomic mass is 16.6. The predicted octanol–water partition coefficient (Wildman–Crippen LogP) is 2.21. The van der Waals surface area contributed by atoms with E-state index in [4.69, 9.17) is 4.74 Å². The van der Waals surface area contributed by atoms with Gasteiger partial charge in [0.05, 0.1) is 0 Å². The molecule has 0 spiro atoms. The van der Waals surface area contributed by atoms with Gasteiger partial charge in [0.25, 0.3) is 0 Å². The second-order valence-electron chi connectivity index (χ2n) is 6.89. The highest BCUT2D eigenvalue weighted by molar-refractivity contribution is 5.68. The molecule has 132 valence electrons. The van der Waals surface area contributed by atoms with E-state index in [0.29, 0.717) is 6.04 Å². The average molecular weight is 332 g/mol. The number of anilines is 1. The van der Waals surface area contributed by atoms with Crippen molar-refractivity contribution in [1.82, 2.24) is 14.8 Å². The number of rotatable bonds is 3. The Kier molecular flexibility index (Phi) is 5.56. The molecule has 2 aliphatic rings. The van der Waals surface area contributed by atoms with Gasteiger partial charge in [-0.1, -0.05) is 0 Å². The highest BCUT2D eigenvalue weighted by Gasteiger charge is 2.27. The lowest BCUT2D eigenvalue weighted by Gasteiger charge is -2.38. The molecule has 1 amide bonds. The van der Waals surface area contributed by atoms with Crippen LogP contribution in [0, 0.1) is 0 Å². The van der Waals surface area contributed by atoms with Crippen LogP contribution in [-0.2, 0) is 4.74 Å². The molecule has 1 aromatic rings. The molecule has 3 heterocycles. The topological polar surface area (TPSA) is 48.9 Å². The quantitative estimate of drug-likeness (QED) is 0.849. The molecule has 1 aromatic heterocycles. The van der Waals surface area contributed by atoms with Crippen LogP contribution in [0.4, 0.5) is 10.5 Å². The number of hydrogen-bond donors (Lipinski definition) is 0. The minimum Gasteiger partial charge on any atom is -0.446 e. The summed E-state index contributed by atoms with van der Waals surface area (Å²) in [6, 6.07) is 4.60. The van der Waals surface area contributed by atoms with Crippen LogP contribution in [0.1, 0.15) is 26.7 Å². The van der Waals surface area contributed by atoms with Crippen molar-refractivity contribution >= 4 is 11.8 Å². The Morgan fingerprint density at radius 3 is 2.29 bits per heavy atom. The van der Waals surface area contributed by atoms with Crippen molar-refractivity contribution < 1.29 is 9.53 Å². The minimum atomic E-state index is -0.138. The molecule has 0 saturated carbocycles. The van der Waals surface area contributed by atoms with E-state index < -0.39 is 0 Å². The van der Waals surface area contributed by atoms with Crippen LogP contribution >= 0.6 is 0 Å². The van der Waals surface area contributed by atoms with E-state index in [9.17, 15) is 4.79 Å². The van der Waals surface area contributed by atoms with Gasteiger partial charge in [0.1, 0.15) is 6.10 Å². The van der Waals surface area contributed by atoms with Crippen molar-refractivity contribution in [1.29, 1.82) is 0 Å². The fourth-order valence-electron chi connectivity index (χ4n) is 3.42. The van der Waals surface area contributed by atoms with Crippen LogP contribution in [0.5, 0.6) is 0 Å². The maximum absolute atomic E-state index is 12.4. The van der Waals surface area contributed by atoms with Crippen molar-refractivity contribution in [2.45, 2.75) is 38.8 Å². The van der Waals surface area contributed by atoms with Crippen LogP contribution in [0.25, 0.3) is 0 Å². The Balaban J connectivity index is 1.42. The van der Waals surface area contributed by atoms with Gasteiger partial charge in [-0.25, -0.2) is 4.79 Å². The second kappa shape index (κ2) is 7.83. The molecule has 6 nitrogen and oxygen atoms in total. The van der Waals surface area contributed by atoms with E-state index in [0.717, 1.165) is 52.1 Å². The van der Waals surface area contributed by atoms with E-state index in [-0.39, 0.29) is 12.2 Å². The van der Waals surface area contributed by atoms with Crippen molar-refractivity contribution in [3.05, 3.63) is 24.5 Å². The normalized spacial score (nSPS) is 20.5. The summed E-state index contributed by atoms with van der Waals surface area (Å²) in [7, 11) is 0. The van der Waals surface area contributed by atoms with E-state index in [1.54, 1.807) is 0 Å². The minimum absolute atomic E-state index is 0.0405. The van der Waals surface area contributed by atoms with Crippen LogP contribution in [0.2, 0.25) is 0 Å². The first-order chi connectivity index (χ1) is 11.6. The number of aromatic nitrogens is 1. The first-order valence-corrected chi connectivity index (χ1v) is 8.98. The number of ether oxygens (including phenoxy) is 1. The number of nitrogens with zero attached hydrogens (tertiary/aromatic N) is 4. The van der Waals surface area contributed by atoms with Crippen molar-refractivity contribution in [2.75, 3.05) is 44.2 Å². The molecule has 0 unspecified atom stereocenters. The SMILES string of the molecule is CC(C)N1CCN(C(=O)OC2CCN(c3ccncc3)CC2)CC1. The van der Waals surface area contributed by atoms with Gasteiger partial charge in [-0.3, -0.25) is 9.88 Å². The third-order valence-electron chi connectivity index (χ3n) is 5.04. The van der Waals surface area contributed by atoms with Gasteiger partial charge >= 0.3 is 6.09 Å². The van der Waals surface area contributed by atoms with Gasteiger partial charge in [0.2, 0.25) is 0 Å². The molecular weight excluding hydrogens is 304 g/mol. The summed E-state index contributed by atoms with van der Waals surface area (Å²) in [5, 5.41) is 0. The lowest BCUT2D eigenvalue weighted by molar-refractivity contribution is 0.0338. The molecule has 6 heteroatoms. The van der Waals surface area contributed by atoms with E-state index in [1.807, 2.05) is 29.4 Å². The Morgan fingerprint density at radius 2 is 1.71 bits per heavy atom. The van der Waals surface area contributed by atoms with E-state index >= 15 is 0 Å². The Labute approximate surface area is 144 Å². The fourth-order valence-corrected chi connectivity index (χ4v) is 3.42. The largest absolute Gasteiger partial charge is 0.446 e. The first-order valence-electron chi connectivity index (χ1n) is 8.98. The van der Waals surface area contributed by atoms with Gasteiger partial charge in [-0.2, -0.15) is 0 Å². The number of amides is 1. The molecule has 2 fully saturated rings. The number of piperidine rings is 1. The number of pyridine rings is 1. The number of carbonyl (C=O) groups is 1. The summed E-state index contributed by atoms with van der Waals surface area (Å²) in [5.74, 6) is 0. The van der Waals surface area contributed by atoms with Crippen LogP contribution < -0.4 is 4.90 Å². The summed E-state index contributed by atoms with van der Waals surface area (Å²) >= 11 is 0. The van der Waals surface area contributed by atoms with Gasteiger partial charge < -0.3 is 14.5 Å². The molecule has 0 aliphatic carbocycles. The Morgan fingerprint density at radius 1 is 1.08 bits per heavy atom. The lowest BCUT2D eigenvalue weighted by atomic mass is 10.1. The molecule has 0 bridgehead atoms. The standard InChI is InChI=1S/C18H28N4O2/c1-15(2)20-11-13-22(14-12-20)18(23)24-17-5-9-21(10-6-17)16-3-7-19-8-4-16/h3-4,7-8,15,17H,5-6,9-14H2,1-2H3. The monoisotopic (exact) mass is 332 g/mol. The van der Waals surface area contributed by atoms with E-state index in [2.05, 4.69) is 28.6 Å². The summed E-state index contributed by atoms with van der Waals surface area (Å²) in [6.45, 7) is 9.65. The van der Waals surface area contributed by atoms with Crippen LogP contribution in [0.3, 0.4) is 0 Å². The zero-order chi connectivity index (χ0) is 16.9. The third-order valence-corrected chi connectivity index (χ3v) is 5.04. The maximum atomic E-state index is 12.4. The van der Waals surface area contributed by atoms with Crippen molar-refractivity contribution in [3.63, 3.8) is 0 Å². The summed E-state index contributed by atoms with van der Waals surface area (Å²) < 4.78 is 5.74. The molecule has 3 rings (SSSR count). The number of hydrogen-bond acceptors (Lipinski definition) is 5. The van der Waals surface area contributed by atoms with Gasteiger partial charge in [0, 0.05) is 76.2 Å². The molecule has 2 saturated heterocycles. The van der Waals surface area contributed by atoms with Crippen LogP contribution in [0.15, 0.2) is 24.5 Å². The predicted molar refractivity (Wildman–Crippen MR) is 94.2 cm³/mol. The molecule has 24 heavy (non-hydrogen) atoms. The lowest BCUT2D eigenvalue weighted by Crippen LogP contribution is -2.51. The van der Waals surface area contributed by atoms with Gasteiger partial charge in [-0.05, 0) is 26.0 Å². The zero-order valence-corrected chi connectivity index (χ0v) is 14.7. The molecule has 2 aliphatic heterocycles. The zero-order valence-electron chi connectivity index (χ0n) is 14.7. The smallest absolute Gasteiger partial charge is 0.410 e. The van der Waals surface area contributed by atoms with Crippen molar-refractivity contribution in [3.8, 4) is 0 Å². The molecule has 0 aromatic carbocycles. The molecule has 0 atom stereocenters. The average Bonchev–Trinajstić information content (AvgIpc) is 2.63. The maximum Gasteiger partial charge on any atom is 0.410 e. The Hall–Kier alpha value is -1.82. The molecular formula is C18H28N4O2. The van der Waals surface area contributed by atoms with E-state index in [1.165, 1.54) is 5.69 Å². The Bertz CT molecular complexity index is 521. The third kappa shape index (κ3) is 4.17. The highest BCUT2D eigenvalue weighted by Crippen LogP contribution is 2.21. The van der Waals surface area contributed by atoms with Crippen LogP contribution in [-0.4, -0.2) is 72.3 Å². The second-order valence-corrected chi connectivity index (χ2v) is 6.89.